The second-order valence-electron chi connectivity index (χ2n) is 5.46. The summed E-state index contributed by atoms with van der Waals surface area (Å²) in [5.41, 5.74) is 1.14. The molecule has 0 atom stereocenters. The number of benzene rings is 1. The van der Waals surface area contributed by atoms with Crippen molar-refractivity contribution in [3.8, 4) is 0 Å². The lowest BCUT2D eigenvalue weighted by Crippen LogP contribution is -2.41. The van der Waals surface area contributed by atoms with Crippen LogP contribution in [0, 0.1) is 0 Å². The minimum Gasteiger partial charge on any atom is -0.465 e. The Hall–Kier alpha value is -2.49. The third-order valence-corrected chi connectivity index (χ3v) is 3.88. The van der Waals surface area contributed by atoms with Gasteiger partial charge in [0.1, 0.15) is 5.76 Å². The molecule has 1 saturated heterocycles. The van der Waals surface area contributed by atoms with E-state index >= 15 is 0 Å². The summed E-state index contributed by atoms with van der Waals surface area (Å²) in [5, 5.41) is 3.52. The summed E-state index contributed by atoms with van der Waals surface area (Å²) in [6.07, 6.45) is 6.84. The molecule has 1 amide bonds. The first kappa shape index (κ1) is 14.4. The van der Waals surface area contributed by atoms with Crippen LogP contribution in [0.3, 0.4) is 0 Å². The Kier molecular flexibility index (Phi) is 4.59. The number of likely N-dealkylation sites (tertiary alicyclic amines) is 1. The van der Waals surface area contributed by atoms with Gasteiger partial charge in [0.05, 0.1) is 6.26 Å². The molecule has 22 heavy (non-hydrogen) atoms. The van der Waals surface area contributed by atoms with Gasteiger partial charge in [-0.05, 0) is 43.2 Å². The number of para-hydroxylation sites is 1. The molecule has 0 saturated carbocycles. The molecule has 2 aromatic rings. The number of anilines is 1. The lowest BCUT2D eigenvalue weighted by Gasteiger charge is -2.32. The van der Waals surface area contributed by atoms with Crippen molar-refractivity contribution in [2.24, 2.45) is 0 Å². The van der Waals surface area contributed by atoms with Gasteiger partial charge in [-0.1, -0.05) is 18.2 Å². The average molecular weight is 296 g/mol. The Morgan fingerprint density at radius 2 is 1.91 bits per heavy atom. The van der Waals surface area contributed by atoms with Crippen LogP contribution in [0.2, 0.25) is 0 Å². The van der Waals surface area contributed by atoms with Crippen LogP contribution in [-0.2, 0) is 4.79 Å². The Balaban J connectivity index is 1.48. The molecule has 4 nitrogen and oxygen atoms in total. The van der Waals surface area contributed by atoms with E-state index in [4.69, 9.17) is 4.42 Å². The van der Waals surface area contributed by atoms with Gasteiger partial charge < -0.3 is 14.6 Å². The second kappa shape index (κ2) is 6.98. The van der Waals surface area contributed by atoms with Crippen molar-refractivity contribution in [1.82, 2.24) is 4.90 Å². The van der Waals surface area contributed by atoms with Crippen molar-refractivity contribution in [3.05, 3.63) is 60.6 Å². The van der Waals surface area contributed by atoms with Gasteiger partial charge in [0.2, 0.25) is 5.91 Å². The average Bonchev–Trinajstić information content (AvgIpc) is 3.08. The number of amides is 1. The lowest BCUT2D eigenvalue weighted by atomic mass is 10.0. The van der Waals surface area contributed by atoms with Crippen molar-refractivity contribution in [2.75, 3.05) is 18.4 Å². The van der Waals surface area contributed by atoms with Crippen LogP contribution in [0.25, 0.3) is 6.08 Å². The zero-order chi connectivity index (χ0) is 15.2. The molecule has 114 valence electrons. The summed E-state index contributed by atoms with van der Waals surface area (Å²) >= 11 is 0. The maximum Gasteiger partial charge on any atom is 0.246 e. The van der Waals surface area contributed by atoms with Crippen molar-refractivity contribution >= 4 is 17.7 Å². The molecule has 0 unspecified atom stereocenters. The molecule has 1 N–H and O–H groups in total. The zero-order valence-corrected chi connectivity index (χ0v) is 12.4. The summed E-state index contributed by atoms with van der Waals surface area (Å²) in [6, 6.07) is 14.3. The monoisotopic (exact) mass is 296 g/mol. The van der Waals surface area contributed by atoms with Crippen molar-refractivity contribution in [1.29, 1.82) is 0 Å². The maximum atomic E-state index is 12.1. The molecule has 1 fully saturated rings. The predicted octanol–water partition coefficient (Wildman–Crippen LogP) is 3.40. The van der Waals surface area contributed by atoms with E-state index in [9.17, 15) is 4.79 Å². The second-order valence-corrected chi connectivity index (χ2v) is 5.46. The fourth-order valence-corrected chi connectivity index (χ4v) is 2.66. The van der Waals surface area contributed by atoms with Gasteiger partial charge in [-0.3, -0.25) is 4.79 Å². The highest BCUT2D eigenvalue weighted by Gasteiger charge is 2.21. The SMILES string of the molecule is O=C(/C=C/c1ccco1)N1CCC(Nc2ccccc2)CC1. The van der Waals surface area contributed by atoms with Gasteiger partial charge in [0, 0.05) is 30.9 Å². The number of piperidine rings is 1. The topological polar surface area (TPSA) is 45.5 Å². The van der Waals surface area contributed by atoms with Crippen LogP contribution in [0.15, 0.2) is 59.2 Å². The number of rotatable bonds is 4. The number of carbonyl (C=O) groups is 1. The smallest absolute Gasteiger partial charge is 0.246 e. The van der Waals surface area contributed by atoms with Crippen molar-refractivity contribution in [2.45, 2.75) is 18.9 Å². The Bertz CT molecular complexity index is 612. The third-order valence-electron chi connectivity index (χ3n) is 3.88. The molecule has 4 heteroatoms. The molecule has 0 aliphatic carbocycles. The van der Waals surface area contributed by atoms with E-state index in [2.05, 4.69) is 17.4 Å². The standard InChI is InChI=1S/C18H20N2O2/c21-18(9-8-17-7-4-14-22-17)20-12-10-16(11-13-20)19-15-5-2-1-3-6-15/h1-9,14,16,19H,10-13H2/b9-8+. The van der Waals surface area contributed by atoms with E-state index in [0.717, 1.165) is 31.6 Å². The highest BCUT2D eigenvalue weighted by Crippen LogP contribution is 2.16. The molecule has 0 spiro atoms. The van der Waals surface area contributed by atoms with Crippen LogP contribution < -0.4 is 5.32 Å². The first-order valence-corrected chi connectivity index (χ1v) is 7.63. The Morgan fingerprint density at radius 3 is 2.59 bits per heavy atom. The van der Waals surface area contributed by atoms with Gasteiger partial charge in [-0.25, -0.2) is 0 Å². The summed E-state index contributed by atoms with van der Waals surface area (Å²) in [4.78, 5) is 14.0. The molecule has 3 rings (SSSR count). The lowest BCUT2D eigenvalue weighted by molar-refractivity contribution is -0.126. The van der Waals surface area contributed by atoms with Crippen LogP contribution in [0.1, 0.15) is 18.6 Å². The number of carbonyl (C=O) groups excluding carboxylic acids is 1. The molecule has 1 aromatic heterocycles. The molecule has 2 heterocycles. The Labute approximate surface area is 130 Å². The molecular formula is C18H20N2O2. The highest BCUT2D eigenvalue weighted by molar-refractivity contribution is 5.91. The van der Waals surface area contributed by atoms with Crippen LogP contribution >= 0.6 is 0 Å². The first-order valence-electron chi connectivity index (χ1n) is 7.63. The third kappa shape index (κ3) is 3.79. The van der Waals surface area contributed by atoms with Gasteiger partial charge in [-0.2, -0.15) is 0 Å². The normalized spacial score (nSPS) is 16.1. The minimum absolute atomic E-state index is 0.0505. The van der Waals surface area contributed by atoms with Gasteiger partial charge in [0.25, 0.3) is 0 Å². The van der Waals surface area contributed by atoms with Crippen LogP contribution in [0.4, 0.5) is 5.69 Å². The fourth-order valence-electron chi connectivity index (χ4n) is 2.66. The predicted molar refractivity (Wildman–Crippen MR) is 87.4 cm³/mol. The molecule has 0 radical (unpaired) electrons. The molecule has 1 aromatic carbocycles. The van der Waals surface area contributed by atoms with E-state index < -0.39 is 0 Å². The summed E-state index contributed by atoms with van der Waals surface area (Å²) in [5.74, 6) is 0.753. The molecule has 1 aliphatic heterocycles. The number of furan rings is 1. The number of hydrogen-bond acceptors (Lipinski definition) is 3. The number of nitrogens with zero attached hydrogens (tertiary/aromatic N) is 1. The van der Waals surface area contributed by atoms with E-state index in [1.165, 1.54) is 0 Å². The number of nitrogens with one attached hydrogen (secondary N) is 1. The fraction of sp³-hybridized carbons (Fsp3) is 0.278. The van der Waals surface area contributed by atoms with E-state index in [1.54, 1.807) is 18.4 Å². The van der Waals surface area contributed by atoms with Crippen LogP contribution in [0.5, 0.6) is 0 Å². The van der Waals surface area contributed by atoms with Gasteiger partial charge >= 0.3 is 0 Å². The summed E-state index contributed by atoms with van der Waals surface area (Å²) < 4.78 is 5.19. The van der Waals surface area contributed by atoms with Gasteiger partial charge in [0.15, 0.2) is 0 Å². The minimum atomic E-state index is 0.0505. The van der Waals surface area contributed by atoms with E-state index in [1.807, 2.05) is 35.2 Å². The first-order chi connectivity index (χ1) is 10.8. The zero-order valence-electron chi connectivity index (χ0n) is 12.4. The Morgan fingerprint density at radius 1 is 1.14 bits per heavy atom. The summed E-state index contributed by atoms with van der Waals surface area (Å²) in [6.45, 7) is 1.57. The molecule has 0 bridgehead atoms. The summed E-state index contributed by atoms with van der Waals surface area (Å²) in [7, 11) is 0. The highest BCUT2D eigenvalue weighted by atomic mass is 16.3. The van der Waals surface area contributed by atoms with E-state index in [0.29, 0.717) is 11.8 Å². The molecule has 1 aliphatic rings. The molecular weight excluding hydrogens is 276 g/mol. The van der Waals surface area contributed by atoms with E-state index in [-0.39, 0.29) is 5.91 Å². The number of hydrogen-bond donors (Lipinski definition) is 1. The van der Waals surface area contributed by atoms with Crippen molar-refractivity contribution < 1.29 is 9.21 Å². The maximum absolute atomic E-state index is 12.1. The van der Waals surface area contributed by atoms with Crippen molar-refractivity contribution in [3.63, 3.8) is 0 Å². The van der Waals surface area contributed by atoms with Gasteiger partial charge in [-0.15, -0.1) is 0 Å². The quantitative estimate of drug-likeness (QED) is 0.880. The van der Waals surface area contributed by atoms with Crippen LogP contribution in [-0.4, -0.2) is 29.9 Å². The largest absolute Gasteiger partial charge is 0.465 e.